The Hall–Kier alpha value is -1.78. The molecule has 1 heterocycles. The number of aryl methyl sites for hydroxylation is 1. The minimum atomic E-state index is -0.309. The highest BCUT2D eigenvalue weighted by molar-refractivity contribution is 5.81. The number of amides is 1. The maximum absolute atomic E-state index is 12.2. The monoisotopic (exact) mass is 280 g/mol. The fraction of sp³-hybridized carbons (Fsp3) is 0.600. The number of carbonyl (C=O) groups is 2. The van der Waals surface area contributed by atoms with E-state index in [1.165, 1.54) is 0 Å². The van der Waals surface area contributed by atoms with Gasteiger partial charge < -0.3 is 14.2 Å². The summed E-state index contributed by atoms with van der Waals surface area (Å²) in [6, 6.07) is 3.96. The first-order chi connectivity index (χ1) is 9.58. The Kier molecular flexibility index (Phi) is 6.84. The Morgan fingerprint density at radius 3 is 2.60 bits per heavy atom. The van der Waals surface area contributed by atoms with Crippen molar-refractivity contribution in [3.63, 3.8) is 0 Å². The molecule has 0 aromatic carbocycles. The van der Waals surface area contributed by atoms with E-state index in [2.05, 4.69) is 0 Å². The largest absolute Gasteiger partial charge is 0.466 e. The van der Waals surface area contributed by atoms with E-state index in [1.54, 1.807) is 11.8 Å². The molecule has 1 aromatic heterocycles. The lowest BCUT2D eigenvalue weighted by atomic mass is 10.2. The number of nitrogens with zero attached hydrogens (tertiary/aromatic N) is 2. The summed E-state index contributed by atoms with van der Waals surface area (Å²) < 4.78 is 6.84. The summed E-state index contributed by atoms with van der Waals surface area (Å²) in [7, 11) is 1.96. The van der Waals surface area contributed by atoms with E-state index in [1.807, 2.05) is 36.9 Å². The molecule has 0 aliphatic rings. The number of carbonyl (C=O) groups excluding carboxylic acids is 2. The van der Waals surface area contributed by atoms with Crippen LogP contribution in [0.1, 0.15) is 38.8 Å². The van der Waals surface area contributed by atoms with Crippen molar-refractivity contribution in [2.45, 2.75) is 39.7 Å². The van der Waals surface area contributed by atoms with Crippen LogP contribution < -0.4 is 0 Å². The lowest BCUT2D eigenvalue weighted by Gasteiger charge is -2.22. The fourth-order valence-corrected chi connectivity index (χ4v) is 2.02. The zero-order valence-corrected chi connectivity index (χ0v) is 12.6. The summed E-state index contributed by atoms with van der Waals surface area (Å²) in [4.78, 5) is 25.3. The molecule has 1 amide bonds. The van der Waals surface area contributed by atoms with Crippen LogP contribution in [0.2, 0.25) is 0 Å². The van der Waals surface area contributed by atoms with Crippen LogP contribution in [-0.4, -0.2) is 34.5 Å². The first-order valence-electron chi connectivity index (χ1n) is 7.12. The lowest BCUT2D eigenvalue weighted by Crippen LogP contribution is -2.32. The lowest BCUT2D eigenvalue weighted by molar-refractivity contribution is -0.145. The Bertz CT molecular complexity index is 440. The molecule has 0 saturated heterocycles. The van der Waals surface area contributed by atoms with Gasteiger partial charge >= 0.3 is 5.97 Å². The van der Waals surface area contributed by atoms with Crippen molar-refractivity contribution >= 4 is 11.9 Å². The van der Waals surface area contributed by atoms with Gasteiger partial charge in [-0.05, 0) is 25.5 Å². The molecule has 20 heavy (non-hydrogen) atoms. The highest BCUT2D eigenvalue weighted by Crippen LogP contribution is 2.09. The number of ether oxygens (including phenoxy) is 1. The minimum absolute atomic E-state index is 0.00102. The van der Waals surface area contributed by atoms with Crippen molar-refractivity contribution in [1.82, 2.24) is 9.47 Å². The Balaban J connectivity index is 2.54. The van der Waals surface area contributed by atoms with E-state index >= 15 is 0 Å². The Labute approximate surface area is 120 Å². The van der Waals surface area contributed by atoms with Gasteiger partial charge in [-0.3, -0.25) is 9.59 Å². The predicted molar refractivity (Wildman–Crippen MR) is 77.0 cm³/mol. The summed E-state index contributed by atoms with van der Waals surface area (Å²) in [6.07, 6.45) is 3.22. The SMILES string of the molecule is CCCN(Cc1cccn1C)C(=O)CCC(=O)OCC. The van der Waals surface area contributed by atoms with Crippen LogP contribution in [0, 0.1) is 0 Å². The fourth-order valence-electron chi connectivity index (χ4n) is 2.02. The van der Waals surface area contributed by atoms with Crippen LogP contribution in [0.15, 0.2) is 18.3 Å². The van der Waals surface area contributed by atoms with E-state index in [0.29, 0.717) is 19.7 Å². The molecule has 0 N–H and O–H groups in total. The van der Waals surface area contributed by atoms with Crippen LogP contribution in [0.4, 0.5) is 0 Å². The third-order valence-electron chi connectivity index (χ3n) is 3.10. The maximum atomic E-state index is 12.2. The Morgan fingerprint density at radius 1 is 1.30 bits per heavy atom. The van der Waals surface area contributed by atoms with Crippen LogP contribution in [0.5, 0.6) is 0 Å². The van der Waals surface area contributed by atoms with E-state index in [9.17, 15) is 9.59 Å². The first kappa shape index (κ1) is 16.3. The van der Waals surface area contributed by atoms with Gasteiger partial charge in [-0.1, -0.05) is 6.92 Å². The maximum Gasteiger partial charge on any atom is 0.306 e. The summed E-state index contributed by atoms with van der Waals surface area (Å²) in [5, 5.41) is 0. The highest BCUT2D eigenvalue weighted by Gasteiger charge is 2.16. The van der Waals surface area contributed by atoms with Gasteiger partial charge in [-0.15, -0.1) is 0 Å². The molecule has 5 nitrogen and oxygen atoms in total. The standard InChI is InChI=1S/C15H24N2O3/c1-4-10-17(12-13-7-6-11-16(13)3)14(18)8-9-15(19)20-5-2/h6-7,11H,4-5,8-10,12H2,1-3H3. The van der Waals surface area contributed by atoms with Crippen LogP contribution in [-0.2, 0) is 27.9 Å². The number of esters is 1. The zero-order valence-electron chi connectivity index (χ0n) is 12.6. The second-order valence-corrected chi connectivity index (χ2v) is 4.73. The minimum Gasteiger partial charge on any atom is -0.466 e. The van der Waals surface area contributed by atoms with Crippen molar-refractivity contribution in [2.24, 2.45) is 7.05 Å². The van der Waals surface area contributed by atoms with Gasteiger partial charge in [0.15, 0.2) is 0 Å². The Morgan fingerprint density at radius 2 is 2.05 bits per heavy atom. The van der Waals surface area contributed by atoms with Gasteiger partial charge in [0.1, 0.15) is 0 Å². The molecule has 0 unspecified atom stereocenters. The molecular weight excluding hydrogens is 256 g/mol. The number of rotatable bonds is 8. The van der Waals surface area contributed by atoms with E-state index in [4.69, 9.17) is 4.74 Å². The summed E-state index contributed by atoms with van der Waals surface area (Å²) in [5.74, 6) is -0.308. The molecule has 1 rings (SSSR count). The molecule has 0 fully saturated rings. The quantitative estimate of drug-likeness (QED) is 0.685. The predicted octanol–water partition coefficient (Wildman–Crippen LogP) is 2.11. The average Bonchev–Trinajstić information content (AvgIpc) is 2.81. The topological polar surface area (TPSA) is 51.5 Å². The molecule has 0 spiro atoms. The zero-order chi connectivity index (χ0) is 15.0. The molecular formula is C15H24N2O3. The highest BCUT2D eigenvalue weighted by atomic mass is 16.5. The normalized spacial score (nSPS) is 10.3. The summed E-state index contributed by atoms with van der Waals surface area (Å²) in [5.41, 5.74) is 1.09. The van der Waals surface area contributed by atoms with Crippen LogP contribution in [0.3, 0.4) is 0 Å². The van der Waals surface area contributed by atoms with Gasteiger partial charge in [0.2, 0.25) is 5.91 Å². The van der Waals surface area contributed by atoms with Crippen molar-refractivity contribution in [3.8, 4) is 0 Å². The number of hydrogen-bond acceptors (Lipinski definition) is 3. The van der Waals surface area contributed by atoms with Gasteiger partial charge in [0, 0.05) is 31.9 Å². The van der Waals surface area contributed by atoms with Crippen LogP contribution in [0.25, 0.3) is 0 Å². The molecule has 0 saturated carbocycles. The van der Waals surface area contributed by atoms with E-state index in [-0.39, 0.29) is 24.7 Å². The molecule has 0 aliphatic carbocycles. The van der Waals surface area contributed by atoms with Crippen LogP contribution >= 0.6 is 0 Å². The second-order valence-electron chi connectivity index (χ2n) is 4.73. The number of hydrogen-bond donors (Lipinski definition) is 0. The molecule has 0 aliphatic heterocycles. The number of aromatic nitrogens is 1. The van der Waals surface area contributed by atoms with Crippen molar-refractivity contribution < 1.29 is 14.3 Å². The summed E-state index contributed by atoms with van der Waals surface area (Å²) >= 11 is 0. The molecule has 5 heteroatoms. The first-order valence-corrected chi connectivity index (χ1v) is 7.12. The molecule has 0 radical (unpaired) electrons. The third-order valence-corrected chi connectivity index (χ3v) is 3.10. The van der Waals surface area contributed by atoms with Crippen molar-refractivity contribution in [2.75, 3.05) is 13.2 Å². The average molecular weight is 280 g/mol. The smallest absolute Gasteiger partial charge is 0.306 e. The van der Waals surface area contributed by atoms with Crippen molar-refractivity contribution in [3.05, 3.63) is 24.0 Å². The third kappa shape index (κ3) is 5.07. The summed E-state index contributed by atoms with van der Waals surface area (Å²) in [6.45, 7) is 5.44. The van der Waals surface area contributed by atoms with Gasteiger partial charge in [-0.2, -0.15) is 0 Å². The second kappa shape index (κ2) is 8.40. The molecule has 0 atom stereocenters. The van der Waals surface area contributed by atoms with Gasteiger partial charge in [0.05, 0.1) is 19.6 Å². The molecule has 112 valence electrons. The van der Waals surface area contributed by atoms with E-state index < -0.39 is 0 Å². The molecule has 1 aromatic rings. The van der Waals surface area contributed by atoms with E-state index in [0.717, 1.165) is 12.1 Å². The molecule has 0 bridgehead atoms. The van der Waals surface area contributed by atoms with Crippen molar-refractivity contribution in [1.29, 1.82) is 0 Å². The van der Waals surface area contributed by atoms with Gasteiger partial charge in [-0.25, -0.2) is 0 Å². The van der Waals surface area contributed by atoms with Gasteiger partial charge in [0.25, 0.3) is 0 Å².